The maximum absolute atomic E-state index is 13.8. The van der Waals surface area contributed by atoms with Crippen LogP contribution in [0.2, 0.25) is 0 Å². The summed E-state index contributed by atoms with van der Waals surface area (Å²) in [7, 11) is 0. The predicted octanol–water partition coefficient (Wildman–Crippen LogP) is 8.10. The summed E-state index contributed by atoms with van der Waals surface area (Å²) in [6.07, 6.45) is -14.8. The van der Waals surface area contributed by atoms with Crippen LogP contribution in [0, 0.1) is 0 Å². The number of ether oxygens (including phenoxy) is 1. The molecule has 0 bridgehead atoms. The van der Waals surface area contributed by atoms with E-state index in [1.807, 2.05) is 0 Å². The molecule has 1 aromatic heterocycles. The van der Waals surface area contributed by atoms with Gasteiger partial charge >= 0.3 is 24.6 Å². The number of aromatic nitrogens is 2. The van der Waals surface area contributed by atoms with E-state index >= 15 is 0 Å². The topological polar surface area (TPSA) is 81.3 Å². The van der Waals surface area contributed by atoms with Gasteiger partial charge in [0.15, 0.2) is 0 Å². The molecule has 0 fully saturated rings. The van der Waals surface area contributed by atoms with Crippen LogP contribution in [0.4, 0.5) is 50.0 Å². The number of nitrogens with zero attached hydrogens (tertiary/aromatic N) is 3. The van der Waals surface area contributed by atoms with Crippen LogP contribution in [0.3, 0.4) is 0 Å². The fraction of sp³-hybridized carbons (Fsp3) is 0.393. The Bertz CT molecular complexity index is 1510. The monoisotopic (exact) mass is 698 g/mol. The van der Waals surface area contributed by atoms with Crippen molar-refractivity contribution < 1.29 is 49.0 Å². The number of hydrogen-bond acceptors (Lipinski definition) is 5. The van der Waals surface area contributed by atoms with Gasteiger partial charge in [-0.05, 0) is 76.8 Å². The Labute approximate surface area is 253 Å². The van der Waals surface area contributed by atoms with Crippen molar-refractivity contribution in [3.63, 3.8) is 0 Å². The molecule has 2 heterocycles. The lowest BCUT2D eigenvalue weighted by Gasteiger charge is -2.43. The van der Waals surface area contributed by atoms with Crippen molar-refractivity contribution in [2.45, 2.75) is 63.2 Å². The first-order valence-corrected chi connectivity index (χ1v) is 13.9. The molecule has 3 atom stereocenters. The second kappa shape index (κ2) is 12.2. The van der Waals surface area contributed by atoms with Crippen LogP contribution in [0.5, 0.6) is 0 Å². The van der Waals surface area contributed by atoms with E-state index in [1.54, 1.807) is 13.8 Å². The van der Waals surface area contributed by atoms with E-state index in [-0.39, 0.29) is 51.9 Å². The van der Waals surface area contributed by atoms with Crippen molar-refractivity contribution in [1.29, 1.82) is 0 Å². The minimum atomic E-state index is -5.07. The lowest BCUT2D eigenvalue weighted by Crippen LogP contribution is -2.57. The molecule has 3 unspecified atom stereocenters. The van der Waals surface area contributed by atoms with Gasteiger partial charge in [0.2, 0.25) is 0 Å². The van der Waals surface area contributed by atoms with Crippen molar-refractivity contribution in [3.8, 4) is 0 Å². The minimum Gasteiger partial charge on any atom is -0.449 e. The molecule has 1 amide bonds. The summed E-state index contributed by atoms with van der Waals surface area (Å²) in [5.74, 6) is -1.29. The van der Waals surface area contributed by atoms with E-state index in [4.69, 9.17) is 10.5 Å². The average molecular weight is 699 g/mol. The van der Waals surface area contributed by atoms with Gasteiger partial charge in [0, 0.05) is 18.7 Å². The summed E-state index contributed by atoms with van der Waals surface area (Å²) in [6, 6.07) is 1.96. The number of hydrogen-bond donors (Lipinski definition) is 1. The number of carbonyl (C=O) groups excluding carboxylic acids is 1. The average Bonchev–Trinajstić information content (AvgIpc) is 2.92. The molecule has 0 saturated heterocycles. The Morgan fingerprint density at radius 1 is 0.932 bits per heavy atom. The van der Waals surface area contributed by atoms with Crippen molar-refractivity contribution in [1.82, 2.24) is 9.97 Å². The summed E-state index contributed by atoms with van der Waals surface area (Å²) in [5, 5.41) is 0. The van der Waals surface area contributed by atoms with Gasteiger partial charge in [-0.15, -0.1) is 0 Å². The first-order valence-electron chi connectivity index (χ1n) is 13.1. The van der Waals surface area contributed by atoms with E-state index < -0.39 is 65.7 Å². The second-order valence-electron chi connectivity index (χ2n) is 9.98. The number of carbonyl (C=O) groups is 1. The van der Waals surface area contributed by atoms with Gasteiger partial charge in [-0.3, -0.25) is 4.90 Å². The molecule has 2 N–H and O–H groups in total. The van der Waals surface area contributed by atoms with E-state index in [1.165, 1.54) is 11.1 Å². The van der Waals surface area contributed by atoms with Crippen molar-refractivity contribution in [2.24, 2.45) is 5.73 Å². The SMILES string of the molecule is CCOC(=O)N1c2ccc(C(F)(F)F)cc2C(c2ncc(Br)c(Cc3cc(C(F)(F)F)cc(C(F)(F)F)c3)n2)C(N)C1CC. The molecule has 2 aromatic carbocycles. The highest BCUT2D eigenvalue weighted by molar-refractivity contribution is 9.10. The Morgan fingerprint density at radius 2 is 1.52 bits per heavy atom. The maximum Gasteiger partial charge on any atom is 0.416 e. The molecule has 0 spiro atoms. The van der Waals surface area contributed by atoms with Gasteiger partial charge in [-0.2, -0.15) is 39.5 Å². The summed E-state index contributed by atoms with van der Waals surface area (Å²) in [4.78, 5) is 22.7. The predicted molar refractivity (Wildman–Crippen MR) is 144 cm³/mol. The Morgan fingerprint density at radius 3 is 2.05 bits per heavy atom. The van der Waals surface area contributed by atoms with Gasteiger partial charge in [-0.25, -0.2) is 14.8 Å². The number of nitrogens with two attached hydrogens (primary N) is 1. The highest BCUT2D eigenvalue weighted by Crippen LogP contribution is 2.45. The molecular weight excluding hydrogens is 675 g/mol. The van der Waals surface area contributed by atoms with Gasteiger partial charge in [0.25, 0.3) is 0 Å². The molecule has 16 heteroatoms. The quantitative estimate of drug-likeness (QED) is 0.273. The van der Waals surface area contributed by atoms with Crippen molar-refractivity contribution in [2.75, 3.05) is 11.5 Å². The van der Waals surface area contributed by atoms with Gasteiger partial charge in [-0.1, -0.05) is 6.92 Å². The summed E-state index contributed by atoms with van der Waals surface area (Å²) >= 11 is 3.17. The molecule has 3 aromatic rings. The first-order chi connectivity index (χ1) is 20.4. The zero-order valence-corrected chi connectivity index (χ0v) is 24.5. The van der Waals surface area contributed by atoms with Gasteiger partial charge < -0.3 is 10.5 Å². The van der Waals surface area contributed by atoms with Crippen LogP contribution in [0.25, 0.3) is 0 Å². The summed E-state index contributed by atoms with van der Waals surface area (Å²) in [6.45, 7) is 3.23. The molecule has 1 aliphatic heterocycles. The Hall–Kier alpha value is -3.40. The van der Waals surface area contributed by atoms with Crippen LogP contribution in [0.1, 0.15) is 65.5 Å². The van der Waals surface area contributed by atoms with Crippen molar-refractivity contribution >= 4 is 27.7 Å². The number of fused-ring (bicyclic) bond motifs is 1. The molecule has 0 aliphatic carbocycles. The fourth-order valence-electron chi connectivity index (χ4n) is 5.18. The molecule has 1 aliphatic rings. The summed E-state index contributed by atoms with van der Waals surface area (Å²) in [5.41, 5.74) is 2.09. The van der Waals surface area contributed by atoms with Gasteiger partial charge in [0.1, 0.15) is 5.82 Å². The third-order valence-corrected chi connectivity index (χ3v) is 7.79. The van der Waals surface area contributed by atoms with Crippen LogP contribution >= 0.6 is 15.9 Å². The van der Waals surface area contributed by atoms with E-state index in [2.05, 4.69) is 25.9 Å². The molecule has 44 heavy (non-hydrogen) atoms. The first kappa shape index (κ1) is 33.5. The fourth-order valence-corrected chi connectivity index (χ4v) is 5.51. The highest BCUT2D eigenvalue weighted by Gasteiger charge is 2.45. The number of benzene rings is 2. The zero-order valence-electron chi connectivity index (χ0n) is 22.9. The largest absolute Gasteiger partial charge is 0.449 e. The third-order valence-electron chi connectivity index (χ3n) is 7.13. The Kier molecular flexibility index (Phi) is 9.27. The standard InChI is InChI=1S/C28H24BrF9N4O2/c1-3-20-23(39)22(17-11-14(26(30,31)32)5-6-21(17)42(20)25(43)44-4-2)24-40-12-18(29)19(41-24)9-13-7-15(27(33,34)35)10-16(8-13)28(36,37)38/h5-8,10-12,20,22-23H,3-4,9,39H2,1-2H3. The maximum atomic E-state index is 13.8. The minimum absolute atomic E-state index is 0.000350. The lowest BCUT2D eigenvalue weighted by molar-refractivity contribution is -0.143. The van der Waals surface area contributed by atoms with E-state index in [9.17, 15) is 44.3 Å². The van der Waals surface area contributed by atoms with Gasteiger partial charge in [0.05, 0.1) is 51.1 Å². The number of alkyl halides is 9. The normalized spacial score (nSPS) is 19.1. The van der Waals surface area contributed by atoms with E-state index in [0.29, 0.717) is 12.1 Å². The molecule has 0 radical (unpaired) electrons. The number of anilines is 1. The molecule has 6 nitrogen and oxygen atoms in total. The zero-order chi connectivity index (χ0) is 32.8. The third kappa shape index (κ3) is 6.80. The van der Waals surface area contributed by atoms with Crippen molar-refractivity contribution in [3.05, 3.63) is 86.4 Å². The number of amides is 1. The van der Waals surface area contributed by atoms with Crippen LogP contribution < -0.4 is 10.6 Å². The Balaban J connectivity index is 1.87. The van der Waals surface area contributed by atoms with Crippen LogP contribution in [0.15, 0.2) is 47.1 Å². The van der Waals surface area contributed by atoms with Crippen LogP contribution in [-0.4, -0.2) is 34.8 Å². The number of halogens is 10. The molecular formula is C28H24BrF9N4O2. The second-order valence-corrected chi connectivity index (χ2v) is 10.8. The smallest absolute Gasteiger partial charge is 0.416 e. The number of rotatable bonds is 5. The molecule has 238 valence electrons. The molecule has 4 rings (SSSR count). The van der Waals surface area contributed by atoms with Crippen LogP contribution in [-0.2, 0) is 29.7 Å². The highest BCUT2D eigenvalue weighted by atomic mass is 79.9. The summed E-state index contributed by atoms with van der Waals surface area (Å²) < 4.78 is 127. The lowest BCUT2D eigenvalue weighted by atomic mass is 9.79. The van der Waals surface area contributed by atoms with E-state index in [0.717, 1.165) is 18.2 Å². The molecule has 0 saturated carbocycles.